The number of para-hydroxylation sites is 2. The molecule has 21 heavy (non-hydrogen) atoms. The normalized spacial score (nSPS) is 12.8. The van der Waals surface area contributed by atoms with E-state index in [1.54, 1.807) is 0 Å². The minimum absolute atomic E-state index is 0.0739. The molecule has 0 aliphatic carbocycles. The number of hydrogen-bond donors (Lipinski definition) is 1. The largest absolute Gasteiger partial charge is 0.346 e. The van der Waals surface area contributed by atoms with E-state index in [0.717, 1.165) is 29.8 Å². The van der Waals surface area contributed by atoms with E-state index in [1.165, 1.54) is 0 Å². The van der Waals surface area contributed by atoms with Gasteiger partial charge in [0.2, 0.25) is 5.91 Å². The molecule has 1 amide bonds. The third-order valence-corrected chi connectivity index (χ3v) is 3.47. The Hall–Kier alpha value is -1.84. The second-order valence-corrected chi connectivity index (χ2v) is 6.00. The number of benzene rings is 1. The Balaban J connectivity index is 2.35. The van der Waals surface area contributed by atoms with Crippen LogP contribution in [0.3, 0.4) is 0 Å². The van der Waals surface area contributed by atoms with E-state index in [9.17, 15) is 4.79 Å². The van der Waals surface area contributed by atoms with Gasteiger partial charge in [-0.05, 0) is 31.4 Å². The lowest BCUT2D eigenvalue weighted by molar-refractivity contribution is -0.121. The Morgan fingerprint density at radius 2 is 2.00 bits per heavy atom. The van der Waals surface area contributed by atoms with E-state index >= 15 is 0 Å². The first-order chi connectivity index (χ1) is 10.0. The van der Waals surface area contributed by atoms with Gasteiger partial charge in [0.05, 0.1) is 17.1 Å². The molecule has 0 fully saturated rings. The van der Waals surface area contributed by atoms with Gasteiger partial charge in [-0.1, -0.05) is 32.9 Å². The van der Waals surface area contributed by atoms with Crippen molar-refractivity contribution in [2.45, 2.75) is 53.1 Å². The quantitative estimate of drug-likeness (QED) is 0.881. The summed E-state index contributed by atoms with van der Waals surface area (Å²) in [7, 11) is 0. The maximum absolute atomic E-state index is 11.8. The van der Waals surface area contributed by atoms with Crippen molar-refractivity contribution in [1.82, 2.24) is 14.9 Å². The molecule has 1 aromatic carbocycles. The predicted octanol–water partition coefficient (Wildman–Crippen LogP) is 3.67. The zero-order chi connectivity index (χ0) is 15.4. The Kier molecular flexibility index (Phi) is 4.99. The highest BCUT2D eigenvalue weighted by atomic mass is 16.1. The van der Waals surface area contributed by atoms with Crippen LogP contribution in [0, 0.1) is 5.92 Å². The summed E-state index contributed by atoms with van der Waals surface area (Å²) in [4.78, 5) is 16.6. The molecule has 0 aliphatic rings. The molecule has 1 aromatic heterocycles. The van der Waals surface area contributed by atoms with Gasteiger partial charge < -0.3 is 9.88 Å². The van der Waals surface area contributed by atoms with Crippen LogP contribution in [0.25, 0.3) is 11.0 Å². The smallest absolute Gasteiger partial charge is 0.220 e. The number of amides is 1. The molecule has 2 rings (SSSR count). The molecular weight excluding hydrogens is 262 g/mol. The SMILES string of the molecule is CCCC(=O)NC(C)c1nc2ccccc2n1CC(C)C. The van der Waals surface area contributed by atoms with Crippen molar-refractivity contribution < 1.29 is 4.79 Å². The lowest BCUT2D eigenvalue weighted by Gasteiger charge is -2.17. The number of carbonyl (C=O) groups excluding carboxylic acids is 1. The minimum atomic E-state index is -0.0739. The first kappa shape index (κ1) is 15.5. The highest BCUT2D eigenvalue weighted by Gasteiger charge is 2.18. The molecule has 0 spiro atoms. The first-order valence-electron chi connectivity index (χ1n) is 7.77. The van der Waals surface area contributed by atoms with Crippen LogP contribution in [-0.2, 0) is 11.3 Å². The predicted molar refractivity (Wildman–Crippen MR) is 86.0 cm³/mol. The monoisotopic (exact) mass is 287 g/mol. The summed E-state index contributed by atoms with van der Waals surface area (Å²) < 4.78 is 2.23. The van der Waals surface area contributed by atoms with Gasteiger partial charge in [-0.15, -0.1) is 0 Å². The number of carbonyl (C=O) groups is 1. The Bertz CT molecular complexity index is 616. The fraction of sp³-hybridized carbons (Fsp3) is 0.529. The lowest BCUT2D eigenvalue weighted by Crippen LogP contribution is -2.28. The molecule has 114 valence electrons. The van der Waals surface area contributed by atoms with Crippen molar-refractivity contribution in [3.8, 4) is 0 Å². The second kappa shape index (κ2) is 6.74. The summed E-state index contributed by atoms with van der Waals surface area (Å²) in [6, 6.07) is 8.07. The summed E-state index contributed by atoms with van der Waals surface area (Å²) in [6.07, 6.45) is 1.43. The average molecular weight is 287 g/mol. The maximum Gasteiger partial charge on any atom is 0.220 e. The highest BCUT2D eigenvalue weighted by Crippen LogP contribution is 2.22. The summed E-state index contributed by atoms with van der Waals surface area (Å²) in [5, 5.41) is 3.05. The van der Waals surface area contributed by atoms with Crippen LogP contribution in [0.5, 0.6) is 0 Å². The zero-order valence-corrected chi connectivity index (χ0v) is 13.4. The van der Waals surface area contributed by atoms with Crippen LogP contribution >= 0.6 is 0 Å². The molecule has 0 radical (unpaired) electrons. The number of rotatable bonds is 6. The molecular formula is C17H25N3O. The standard InChI is InChI=1S/C17H25N3O/c1-5-8-16(21)18-13(4)17-19-14-9-6-7-10-15(14)20(17)11-12(2)3/h6-7,9-10,12-13H,5,8,11H2,1-4H3,(H,18,21). The summed E-state index contributed by atoms with van der Waals surface area (Å²) in [6.45, 7) is 9.31. The molecule has 1 atom stereocenters. The Morgan fingerprint density at radius 1 is 1.29 bits per heavy atom. The van der Waals surface area contributed by atoms with Crippen molar-refractivity contribution in [3.63, 3.8) is 0 Å². The van der Waals surface area contributed by atoms with E-state index < -0.39 is 0 Å². The van der Waals surface area contributed by atoms with Gasteiger partial charge in [0.1, 0.15) is 5.82 Å². The molecule has 0 saturated carbocycles. The fourth-order valence-electron chi connectivity index (χ4n) is 2.59. The third-order valence-electron chi connectivity index (χ3n) is 3.47. The number of fused-ring (bicyclic) bond motifs is 1. The van der Waals surface area contributed by atoms with E-state index in [1.807, 2.05) is 32.0 Å². The van der Waals surface area contributed by atoms with E-state index in [2.05, 4.69) is 29.8 Å². The van der Waals surface area contributed by atoms with Gasteiger partial charge in [-0.2, -0.15) is 0 Å². The Labute approximate surface area is 126 Å². The molecule has 4 nitrogen and oxygen atoms in total. The number of aromatic nitrogens is 2. The van der Waals surface area contributed by atoms with Crippen molar-refractivity contribution in [3.05, 3.63) is 30.1 Å². The molecule has 1 N–H and O–H groups in total. The van der Waals surface area contributed by atoms with Crippen LogP contribution in [0.15, 0.2) is 24.3 Å². The topological polar surface area (TPSA) is 46.9 Å². The maximum atomic E-state index is 11.8. The molecule has 0 aliphatic heterocycles. The van der Waals surface area contributed by atoms with Crippen LogP contribution in [0.2, 0.25) is 0 Å². The van der Waals surface area contributed by atoms with Crippen molar-refractivity contribution in [2.75, 3.05) is 0 Å². The number of nitrogens with zero attached hydrogens (tertiary/aromatic N) is 2. The van der Waals surface area contributed by atoms with Crippen LogP contribution in [-0.4, -0.2) is 15.5 Å². The minimum Gasteiger partial charge on any atom is -0.346 e. The average Bonchev–Trinajstić information content (AvgIpc) is 2.77. The van der Waals surface area contributed by atoms with Gasteiger partial charge in [0.15, 0.2) is 0 Å². The van der Waals surface area contributed by atoms with E-state index in [4.69, 9.17) is 4.98 Å². The van der Waals surface area contributed by atoms with Crippen LogP contribution < -0.4 is 5.32 Å². The summed E-state index contributed by atoms with van der Waals surface area (Å²) >= 11 is 0. The molecule has 4 heteroatoms. The highest BCUT2D eigenvalue weighted by molar-refractivity contribution is 5.78. The number of imidazole rings is 1. The van der Waals surface area contributed by atoms with Crippen LogP contribution in [0.4, 0.5) is 0 Å². The second-order valence-electron chi connectivity index (χ2n) is 6.00. The lowest BCUT2D eigenvalue weighted by atomic mass is 10.2. The molecule has 0 saturated heterocycles. The van der Waals surface area contributed by atoms with Crippen molar-refractivity contribution in [2.24, 2.45) is 5.92 Å². The van der Waals surface area contributed by atoms with Gasteiger partial charge in [0.25, 0.3) is 0 Å². The first-order valence-corrected chi connectivity index (χ1v) is 7.77. The van der Waals surface area contributed by atoms with Crippen molar-refractivity contribution in [1.29, 1.82) is 0 Å². The van der Waals surface area contributed by atoms with Crippen molar-refractivity contribution >= 4 is 16.9 Å². The van der Waals surface area contributed by atoms with E-state index in [-0.39, 0.29) is 11.9 Å². The third kappa shape index (κ3) is 3.63. The van der Waals surface area contributed by atoms with Gasteiger partial charge >= 0.3 is 0 Å². The van der Waals surface area contributed by atoms with Gasteiger partial charge in [0, 0.05) is 13.0 Å². The molecule has 1 unspecified atom stereocenters. The van der Waals surface area contributed by atoms with E-state index in [0.29, 0.717) is 12.3 Å². The summed E-state index contributed by atoms with van der Waals surface area (Å²) in [5.74, 6) is 1.56. The van der Waals surface area contributed by atoms with Gasteiger partial charge in [-0.3, -0.25) is 4.79 Å². The summed E-state index contributed by atoms with van der Waals surface area (Å²) in [5.41, 5.74) is 2.13. The molecule has 1 heterocycles. The molecule has 2 aromatic rings. The zero-order valence-electron chi connectivity index (χ0n) is 13.4. The Morgan fingerprint density at radius 3 is 2.67 bits per heavy atom. The fourth-order valence-corrected chi connectivity index (χ4v) is 2.59. The number of hydrogen-bond acceptors (Lipinski definition) is 2. The molecule has 0 bridgehead atoms. The van der Waals surface area contributed by atoms with Gasteiger partial charge in [-0.25, -0.2) is 4.98 Å². The van der Waals surface area contributed by atoms with Crippen LogP contribution in [0.1, 0.15) is 52.4 Å². The number of nitrogens with one attached hydrogen (secondary N) is 1.